The van der Waals surface area contributed by atoms with Crippen molar-refractivity contribution in [3.05, 3.63) is 17.7 Å². The van der Waals surface area contributed by atoms with Crippen LogP contribution in [-0.4, -0.2) is 29.6 Å². The molecule has 0 spiro atoms. The fourth-order valence-electron chi connectivity index (χ4n) is 2.66. The topological polar surface area (TPSA) is 41.1 Å². The zero-order valence-electron chi connectivity index (χ0n) is 13.5. The van der Waals surface area contributed by atoms with Crippen molar-refractivity contribution in [2.24, 2.45) is 5.41 Å². The summed E-state index contributed by atoms with van der Waals surface area (Å²) in [6.07, 6.45) is 3.26. The Labute approximate surface area is 123 Å². The van der Waals surface area contributed by atoms with E-state index in [-0.39, 0.29) is 0 Å². The second-order valence-electron chi connectivity index (χ2n) is 6.83. The van der Waals surface area contributed by atoms with Gasteiger partial charge in [-0.05, 0) is 18.4 Å². The van der Waals surface area contributed by atoms with Crippen LogP contribution in [0.15, 0.2) is 6.20 Å². The van der Waals surface area contributed by atoms with E-state index in [0.717, 1.165) is 37.7 Å². The number of aromatic nitrogens is 2. The van der Waals surface area contributed by atoms with Crippen LogP contribution in [0.25, 0.3) is 0 Å². The van der Waals surface area contributed by atoms with Crippen molar-refractivity contribution in [2.75, 3.05) is 24.5 Å². The molecule has 112 valence electrons. The van der Waals surface area contributed by atoms with Gasteiger partial charge in [-0.25, -0.2) is 9.97 Å². The highest BCUT2D eigenvalue weighted by molar-refractivity contribution is 5.50. The van der Waals surface area contributed by atoms with Crippen LogP contribution in [0.5, 0.6) is 0 Å². The predicted molar refractivity (Wildman–Crippen MR) is 84.1 cm³/mol. The molecule has 20 heavy (non-hydrogen) atoms. The Bertz CT molecular complexity index is 454. The van der Waals surface area contributed by atoms with Crippen LogP contribution in [0.2, 0.25) is 0 Å². The Morgan fingerprint density at radius 2 is 2.15 bits per heavy atom. The van der Waals surface area contributed by atoms with Gasteiger partial charge in [0.05, 0.1) is 17.6 Å². The van der Waals surface area contributed by atoms with Crippen molar-refractivity contribution < 1.29 is 0 Å². The molecule has 0 amide bonds. The standard InChI is InChI=1S/C16H28N4/c1-6-17-9-13-14(10-18-15(19-13)12(2)3)20-8-7-16(4,5)11-20/h10,12,17H,6-9,11H2,1-5H3. The molecule has 0 saturated carbocycles. The number of nitrogens with one attached hydrogen (secondary N) is 1. The minimum atomic E-state index is 0.374. The molecule has 0 atom stereocenters. The van der Waals surface area contributed by atoms with Gasteiger partial charge in [0.15, 0.2) is 0 Å². The first kappa shape index (κ1) is 15.2. The lowest BCUT2D eigenvalue weighted by Gasteiger charge is -2.24. The lowest BCUT2D eigenvalue weighted by molar-refractivity contribution is 0.418. The zero-order valence-corrected chi connectivity index (χ0v) is 13.5. The normalized spacial score (nSPS) is 18.0. The molecule has 0 radical (unpaired) electrons. The molecule has 0 aromatic carbocycles. The lowest BCUT2D eigenvalue weighted by atomic mass is 9.93. The third kappa shape index (κ3) is 3.48. The molecule has 2 rings (SSSR count). The maximum absolute atomic E-state index is 4.79. The molecule has 1 aromatic heterocycles. The molecule has 0 unspecified atom stereocenters. The molecule has 0 bridgehead atoms. The van der Waals surface area contributed by atoms with Crippen molar-refractivity contribution in [1.29, 1.82) is 0 Å². The van der Waals surface area contributed by atoms with E-state index in [0.29, 0.717) is 11.3 Å². The predicted octanol–water partition coefficient (Wildman–Crippen LogP) is 2.95. The molecule has 1 N–H and O–H groups in total. The quantitative estimate of drug-likeness (QED) is 0.897. The summed E-state index contributed by atoms with van der Waals surface area (Å²) in [5.74, 6) is 1.32. The Kier molecular flexibility index (Phi) is 4.63. The van der Waals surface area contributed by atoms with Crippen molar-refractivity contribution in [1.82, 2.24) is 15.3 Å². The summed E-state index contributed by atoms with van der Waals surface area (Å²) in [7, 11) is 0. The van der Waals surface area contributed by atoms with Gasteiger partial charge in [0.2, 0.25) is 0 Å². The van der Waals surface area contributed by atoms with E-state index in [1.165, 1.54) is 12.1 Å². The van der Waals surface area contributed by atoms with Crippen LogP contribution in [0, 0.1) is 5.41 Å². The Hall–Kier alpha value is -1.16. The van der Waals surface area contributed by atoms with Gasteiger partial charge in [-0.15, -0.1) is 0 Å². The minimum absolute atomic E-state index is 0.374. The molecule has 1 saturated heterocycles. The smallest absolute Gasteiger partial charge is 0.131 e. The van der Waals surface area contributed by atoms with Crippen LogP contribution in [0.1, 0.15) is 58.5 Å². The summed E-state index contributed by atoms with van der Waals surface area (Å²) in [5.41, 5.74) is 2.75. The average Bonchev–Trinajstić information content (AvgIpc) is 2.76. The maximum Gasteiger partial charge on any atom is 0.131 e. The van der Waals surface area contributed by atoms with E-state index < -0.39 is 0 Å². The highest BCUT2D eigenvalue weighted by Gasteiger charge is 2.30. The molecule has 0 aliphatic carbocycles. The Balaban J connectivity index is 2.26. The molecule has 4 heteroatoms. The summed E-state index contributed by atoms with van der Waals surface area (Å²) in [6, 6.07) is 0. The van der Waals surface area contributed by atoms with E-state index in [1.807, 2.05) is 6.20 Å². The van der Waals surface area contributed by atoms with Gasteiger partial charge in [0.25, 0.3) is 0 Å². The van der Waals surface area contributed by atoms with Crippen LogP contribution >= 0.6 is 0 Å². The van der Waals surface area contributed by atoms with Gasteiger partial charge in [0.1, 0.15) is 5.82 Å². The SMILES string of the molecule is CCNCc1nc(C(C)C)ncc1N1CCC(C)(C)C1. The molecule has 2 heterocycles. The first-order chi connectivity index (χ1) is 9.43. The zero-order chi connectivity index (χ0) is 14.8. The molecule has 1 aliphatic heterocycles. The summed E-state index contributed by atoms with van der Waals surface area (Å²) in [4.78, 5) is 11.8. The Morgan fingerprint density at radius 3 is 2.70 bits per heavy atom. The number of hydrogen-bond acceptors (Lipinski definition) is 4. The monoisotopic (exact) mass is 276 g/mol. The van der Waals surface area contributed by atoms with E-state index >= 15 is 0 Å². The van der Waals surface area contributed by atoms with Crippen molar-refractivity contribution in [3.8, 4) is 0 Å². The van der Waals surface area contributed by atoms with E-state index in [2.05, 4.69) is 49.8 Å². The van der Waals surface area contributed by atoms with Crippen LogP contribution in [0.3, 0.4) is 0 Å². The fraction of sp³-hybridized carbons (Fsp3) is 0.750. The number of hydrogen-bond donors (Lipinski definition) is 1. The van der Waals surface area contributed by atoms with Gasteiger partial charge in [0, 0.05) is 25.6 Å². The van der Waals surface area contributed by atoms with Gasteiger partial charge < -0.3 is 10.2 Å². The molecule has 4 nitrogen and oxygen atoms in total. The second-order valence-corrected chi connectivity index (χ2v) is 6.83. The van der Waals surface area contributed by atoms with Crippen LogP contribution in [0.4, 0.5) is 5.69 Å². The largest absolute Gasteiger partial charge is 0.368 e. The van der Waals surface area contributed by atoms with Crippen molar-refractivity contribution in [2.45, 2.75) is 53.5 Å². The van der Waals surface area contributed by atoms with Gasteiger partial charge in [-0.3, -0.25) is 0 Å². The summed E-state index contributed by atoms with van der Waals surface area (Å²) in [5, 5.41) is 3.40. The molecule has 1 fully saturated rings. The first-order valence-electron chi connectivity index (χ1n) is 7.74. The van der Waals surface area contributed by atoms with E-state index in [4.69, 9.17) is 4.98 Å². The summed E-state index contributed by atoms with van der Waals surface area (Å²) in [6.45, 7) is 15.1. The van der Waals surface area contributed by atoms with Crippen molar-refractivity contribution >= 4 is 5.69 Å². The fourth-order valence-corrected chi connectivity index (χ4v) is 2.66. The van der Waals surface area contributed by atoms with Gasteiger partial charge >= 0.3 is 0 Å². The Morgan fingerprint density at radius 1 is 1.40 bits per heavy atom. The number of nitrogens with zero attached hydrogens (tertiary/aromatic N) is 3. The van der Waals surface area contributed by atoms with E-state index in [9.17, 15) is 0 Å². The molecule has 1 aromatic rings. The minimum Gasteiger partial charge on any atom is -0.368 e. The van der Waals surface area contributed by atoms with Crippen LogP contribution in [-0.2, 0) is 6.54 Å². The summed E-state index contributed by atoms with van der Waals surface area (Å²) < 4.78 is 0. The van der Waals surface area contributed by atoms with Crippen molar-refractivity contribution in [3.63, 3.8) is 0 Å². The lowest BCUT2D eigenvalue weighted by Crippen LogP contribution is -2.26. The number of rotatable bonds is 5. The number of anilines is 1. The molecular formula is C16H28N4. The van der Waals surface area contributed by atoms with Gasteiger partial charge in [-0.2, -0.15) is 0 Å². The van der Waals surface area contributed by atoms with E-state index in [1.54, 1.807) is 0 Å². The molecule has 1 aliphatic rings. The highest BCUT2D eigenvalue weighted by atomic mass is 15.2. The third-order valence-electron chi connectivity index (χ3n) is 3.94. The average molecular weight is 276 g/mol. The maximum atomic E-state index is 4.79. The van der Waals surface area contributed by atoms with Crippen LogP contribution < -0.4 is 10.2 Å². The highest BCUT2D eigenvalue weighted by Crippen LogP contribution is 2.33. The van der Waals surface area contributed by atoms with Gasteiger partial charge in [-0.1, -0.05) is 34.6 Å². The summed E-state index contributed by atoms with van der Waals surface area (Å²) >= 11 is 0. The molecular weight excluding hydrogens is 248 g/mol. The second kappa shape index (κ2) is 6.08. The first-order valence-corrected chi connectivity index (χ1v) is 7.74. The third-order valence-corrected chi connectivity index (χ3v) is 3.94.